The molecule has 0 saturated carbocycles. The van der Waals surface area contributed by atoms with E-state index in [1.807, 2.05) is 4.57 Å². The largest absolute Gasteiger partial charge is 0.573 e. The Bertz CT molecular complexity index is 1600. The summed E-state index contributed by atoms with van der Waals surface area (Å²) in [6.07, 6.45) is -4.33. The van der Waals surface area contributed by atoms with Crippen LogP contribution in [0.4, 0.5) is 23.2 Å². The van der Waals surface area contributed by atoms with E-state index in [4.69, 9.17) is 9.88 Å². The normalized spacial score (nSPS) is 12.2. The van der Waals surface area contributed by atoms with Gasteiger partial charge in [0.15, 0.2) is 16.4 Å². The Hall–Kier alpha value is -3.20. The molecule has 0 amide bonds. The molecule has 208 valence electrons. The molecule has 0 fully saturated rings. The van der Waals surface area contributed by atoms with Gasteiger partial charge in [0.25, 0.3) is 0 Å². The zero-order valence-corrected chi connectivity index (χ0v) is 23.5. The van der Waals surface area contributed by atoms with Crippen LogP contribution in [0.15, 0.2) is 82.0 Å². The summed E-state index contributed by atoms with van der Waals surface area (Å²) in [5.74, 6) is -0.815. The zero-order chi connectivity index (χ0) is 27.5. The smallest absolute Gasteiger partial charge is 0.494 e. The maximum atomic E-state index is 14.5. The second-order valence-electron chi connectivity index (χ2n) is 8.00. The van der Waals surface area contributed by atoms with Gasteiger partial charge in [-0.15, -0.1) is 41.5 Å². The van der Waals surface area contributed by atoms with Crippen LogP contribution in [-0.4, -0.2) is 26.5 Å². The molecule has 0 unspecified atom stereocenters. The van der Waals surface area contributed by atoms with E-state index >= 15 is 0 Å². The molecule has 0 spiro atoms. The minimum absolute atomic E-state index is 0. The molecule has 2 N–H and O–H groups in total. The predicted molar refractivity (Wildman–Crippen MR) is 144 cm³/mol. The molecule has 0 saturated heterocycles. The Labute approximate surface area is 236 Å². The summed E-state index contributed by atoms with van der Waals surface area (Å²) < 4.78 is 85.7. The Balaban J connectivity index is 0.00000420. The molecule has 4 rings (SSSR count). The average molecular weight is 648 g/mol. The van der Waals surface area contributed by atoms with Gasteiger partial charge in [-0.1, -0.05) is 12.1 Å². The van der Waals surface area contributed by atoms with E-state index in [2.05, 4.69) is 9.73 Å². The Morgan fingerprint density at radius 1 is 1.03 bits per heavy atom. The third-order valence-electron chi connectivity index (χ3n) is 5.42. The molecular formula is C25H22BrF4N3O4S2. The number of aryl methyl sites for hydroxylation is 1. The molecule has 0 radical (unpaired) electrons. The number of nitrogens with zero attached hydrogens (tertiary/aromatic N) is 2. The van der Waals surface area contributed by atoms with Gasteiger partial charge in [-0.2, -0.15) is 0 Å². The number of hydrogen-bond donors (Lipinski definition) is 1. The molecule has 7 nitrogen and oxygen atoms in total. The van der Waals surface area contributed by atoms with Crippen molar-refractivity contribution in [1.82, 2.24) is 4.57 Å². The van der Waals surface area contributed by atoms with Crippen molar-refractivity contribution in [2.75, 3.05) is 7.11 Å². The number of nitrogens with two attached hydrogens (primary N) is 1. The van der Waals surface area contributed by atoms with Gasteiger partial charge in [-0.05, 0) is 66.6 Å². The SMILES string of the molecule is Br.COc1ccc(-c2csc(=Nc3ccc(OC(F)(F)F)cc3)n2CCc2ccc(S(N)(=O)=O)cc2)cc1F. The lowest BCUT2D eigenvalue weighted by atomic mass is 10.1. The van der Waals surface area contributed by atoms with Crippen LogP contribution in [0.2, 0.25) is 0 Å². The van der Waals surface area contributed by atoms with Crippen molar-refractivity contribution in [2.24, 2.45) is 10.1 Å². The molecule has 0 aliphatic rings. The van der Waals surface area contributed by atoms with Crippen molar-refractivity contribution >= 4 is 44.0 Å². The molecule has 1 aromatic heterocycles. The first kappa shape index (κ1) is 30.3. The van der Waals surface area contributed by atoms with Crippen LogP contribution in [0.3, 0.4) is 0 Å². The van der Waals surface area contributed by atoms with Crippen molar-refractivity contribution in [1.29, 1.82) is 0 Å². The maximum Gasteiger partial charge on any atom is 0.573 e. The molecular weight excluding hydrogens is 626 g/mol. The number of alkyl halides is 3. The molecule has 14 heteroatoms. The van der Waals surface area contributed by atoms with Crippen LogP contribution in [0, 0.1) is 5.82 Å². The van der Waals surface area contributed by atoms with Crippen LogP contribution in [-0.2, 0) is 23.0 Å². The Kier molecular flexibility index (Phi) is 9.59. The standard InChI is InChI=1S/C25H21F4N3O4S2.BrH/c1-35-23-11-4-17(14-21(23)26)22-15-37-24(31-18-5-7-19(8-6-18)36-25(27,28)29)32(22)13-12-16-2-9-20(10-3-16)38(30,33)34;/h2-11,14-15H,12-13H2,1H3,(H2,30,33,34);1H. The lowest BCUT2D eigenvalue weighted by Gasteiger charge is -2.11. The van der Waals surface area contributed by atoms with Gasteiger partial charge >= 0.3 is 6.36 Å². The summed E-state index contributed by atoms with van der Waals surface area (Å²) >= 11 is 1.27. The van der Waals surface area contributed by atoms with Crippen LogP contribution in [0.5, 0.6) is 11.5 Å². The number of hydrogen-bond acceptors (Lipinski definition) is 6. The predicted octanol–water partition coefficient (Wildman–Crippen LogP) is 5.96. The molecule has 4 aromatic rings. The highest BCUT2D eigenvalue weighted by molar-refractivity contribution is 8.93. The van der Waals surface area contributed by atoms with Crippen LogP contribution < -0.4 is 19.4 Å². The first-order chi connectivity index (χ1) is 17.9. The summed E-state index contributed by atoms with van der Waals surface area (Å²) in [5, 5.41) is 6.96. The first-order valence-corrected chi connectivity index (χ1v) is 13.4. The van der Waals surface area contributed by atoms with Gasteiger partial charge in [0.05, 0.1) is 23.4 Å². The summed E-state index contributed by atoms with van der Waals surface area (Å²) in [7, 11) is -2.45. The fraction of sp³-hybridized carbons (Fsp3) is 0.160. The number of aromatic nitrogens is 1. The van der Waals surface area contributed by atoms with E-state index < -0.39 is 22.2 Å². The summed E-state index contributed by atoms with van der Waals surface area (Å²) in [6, 6.07) is 15.8. The Morgan fingerprint density at radius 3 is 2.26 bits per heavy atom. The number of primary sulfonamides is 1. The highest BCUT2D eigenvalue weighted by Crippen LogP contribution is 2.28. The molecule has 3 aromatic carbocycles. The van der Waals surface area contributed by atoms with E-state index in [1.165, 1.54) is 54.8 Å². The highest BCUT2D eigenvalue weighted by atomic mass is 79.9. The van der Waals surface area contributed by atoms with Gasteiger partial charge in [0.2, 0.25) is 10.0 Å². The minimum Gasteiger partial charge on any atom is -0.494 e. The number of benzene rings is 3. The lowest BCUT2D eigenvalue weighted by molar-refractivity contribution is -0.274. The average Bonchev–Trinajstić information content (AvgIpc) is 3.25. The van der Waals surface area contributed by atoms with Gasteiger partial charge in [0, 0.05) is 17.5 Å². The minimum atomic E-state index is -4.80. The van der Waals surface area contributed by atoms with Crippen LogP contribution in [0.1, 0.15) is 5.56 Å². The topological polar surface area (TPSA) is 95.9 Å². The number of sulfonamides is 1. The number of thiazole rings is 1. The molecule has 39 heavy (non-hydrogen) atoms. The third-order valence-corrected chi connectivity index (χ3v) is 7.21. The summed E-state index contributed by atoms with van der Waals surface area (Å²) in [4.78, 5) is 5.08. The maximum absolute atomic E-state index is 14.5. The van der Waals surface area contributed by atoms with E-state index in [9.17, 15) is 26.0 Å². The van der Waals surface area contributed by atoms with Crippen LogP contribution in [0.25, 0.3) is 11.3 Å². The highest BCUT2D eigenvalue weighted by Gasteiger charge is 2.30. The second kappa shape index (κ2) is 12.3. The fourth-order valence-corrected chi connectivity index (χ4v) is 5.08. The molecule has 0 aliphatic heterocycles. The third kappa shape index (κ3) is 7.91. The van der Waals surface area contributed by atoms with Gasteiger partial charge in [0.1, 0.15) is 5.75 Å². The zero-order valence-electron chi connectivity index (χ0n) is 20.2. The van der Waals surface area contributed by atoms with Gasteiger partial charge in [-0.25, -0.2) is 22.9 Å². The molecule has 0 atom stereocenters. The van der Waals surface area contributed by atoms with Gasteiger partial charge < -0.3 is 14.0 Å². The fourth-order valence-electron chi connectivity index (χ4n) is 3.61. The van der Waals surface area contributed by atoms with Crippen molar-refractivity contribution in [3.8, 4) is 22.8 Å². The van der Waals surface area contributed by atoms with Crippen molar-refractivity contribution in [3.63, 3.8) is 0 Å². The van der Waals surface area contributed by atoms with Gasteiger partial charge in [-0.3, -0.25) is 0 Å². The number of methoxy groups -OCH3 is 1. The number of ether oxygens (including phenoxy) is 2. The number of rotatable bonds is 8. The van der Waals surface area contributed by atoms with E-state index in [1.54, 1.807) is 23.6 Å². The van der Waals surface area contributed by atoms with Crippen molar-refractivity contribution < 1.29 is 35.5 Å². The molecule has 1 heterocycles. The van der Waals surface area contributed by atoms with E-state index in [0.717, 1.165) is 17.7 Å². The quantitative estimate of drug-likeness (QED) is 0.239. The molecule has 0 aliphatic carbocycles. The second-order valence-corrected chi connectivity index (χ2v) is 10.4. The Morgan fingerprint density at radius 2 is 1.69 bits per heavy atom. The van der Waals surface area contributed by atoms with E-state index in [0.29, 0.717) is 34.7 Å². The first-order valence-electron chi connectivity index (χ1n) is 11.0. The van der Waals surface area contributed by atoms with Crippen molar-refractivity contribution in [2.45, 2.75) is 24.2 Å². The number of halogens is 5. The lowest BCUT2D eigenvalue weighted by Crippen LogP contribution is -2.18. The van der Waals surface area contributed by atoms with Crippen molar-refractivity contribution in [3.05, 3.63) is 88.3 Å². The summed E-state index contributed by atoms with van der Waals surface area (Å²) in [6.45, 7) is 0.384. The van der Waals surface area contributed by atoms with E-state index in [-0.39, 0.29) is 33.4 Å². The monoisotopic (exact) mass is 647 g/mol. The molecule has 0 bridgehead atoms. The summed E-state index contributed by atoms with van der Waals surface area (Å²) in [5.41, 5.74) is 2.44. The van der Waals surface area contributed by atoms with Crippen LogP contribution >= 0.6 is 28.3 Å².